The number of rotatable bonds is 11. The Labute approximate surface area is 201 Å². The van der Waals surface area contributed by atoms with E-state index in [9.17, 15) is 9.90 Å². The van der Waals surface area contributed by atoms with Crippen LogP contribution in [0.3, 0.4) is 0 Å². The maximum atomic E-state index is 11.1. The standard InChI is InChI=1S/C23H27ClN4O6/c1-4-5-16-7-15(6-13(2)26-16)23-27-22(28-34-23)14-8-18(24)21(19(9-14)32-3)33-12-17(30)10-25-20(31)11-29/h6-9,17,29-30H,4-5,10-12H2,1-3H3,(H,25,31)/t17-/m1/s1. The average molecular weight is 491 g/mol. The number of halogens is 1. The van der Waals surface area contributed by atoms with Gasteiger partial charge >= 0.3 is 0 Å². The van der Waals surface area contributed by atoms with Crippen LogP contribution in [0.15, 0.2) is 28.8 Å². The van der Waals surface area contributed by atoms with Crippen molar-refractivity contribution in [1.29, 1.82) is 0 Å². The Kier molecular flexibility index (Phi) is 8.80. The van der Waals surface area contributed by atoms with Crippen LogP contribution in [0.4, 0.5) is 0 Å². The van der Waals surface area contributed by atoms with Gasteiger partial charge in [0.25, 0.3) is 5.89 Å². The Morgan fingerprint density at radius 3 is 2.74 bits per heavy atom. The molecule has 0 aliphatic rings. The van der Waals surface area contributed by atoms with Crippen LogP contribution in [0.5, 0.6) is 11.5 Å². The first-order valence-electron chi connectivity index (χ1n) is 10.7. The van der Waals surface area contributed by atoms with E-state index >= 15 is 0 Å². The quantitative estimate of drug-likeness (QED) is 0.370. The van der Waals surface area contributed by atoms with E-state index < -0.39 is 18.6 Å². The molecule has 0 aliphatic heterocycles. The van der Waals surface area contributed by atoms with Crippen LogP contribution < -0.4 is 14.8 Å². The molecule has 1 atom stereocenters. The number of nitrogens with one attached hydrogen (secondary N) is 1. The highest BCUT2D eigenvalue weighted by molar-refractivity contribution is 6.32. The van der Waals surface area contributed by atoms with Gasteiger partial charge in [0.05, 0.1) is 12.1 Å². The molecule has 0 radical (unpaired) electrons. The number of ether oxygens (including phenoxy) is 2. The number of methoxy groups -OCH3 is 1. The zero-order valence-electron chi connectivity index (χ0n) is 19.2. The van der Waals surface area contributed by atoms with Crippen molar-refractivity contribution < 1.29 is 29.0 Å². The maximum Gasteiger partial charge on any atom is 0.258 e. The third kappa shape index (κ3) is 6.43. The minimum absolute atomic E-state index is 0.0858. The third-order valence-corrected chi connectivity index (χ3v) is 5.05. The number of hydrogen-bond donors (Lipinski definition) is 3. The molecule has 10 nitrogen and oxygen atoms in total. The summed E-state index contributed by atoms with van der Waals surface area (Å²) in [6.45, 7) is 3.11. The number of nitrogens with zero attached hydrogens (tertiary/aromatic N) is 3. The number of aliphatic hydroxyl groups is 2. The second kappa shape index (κ2) is 11.8. The zero-order valence-corrected chi connectivity index (χ0v) is 19.9. The molecule has 0 fully saturated rings. The van der Waals surface area contributed by atoms with Crippen LogP contribution in [-0.2, 0) is 11.2 Å². The molecule has 0 unspecified atom stereocenters. The highest BCUT2D eigenvalue weighted by Crippen LogP contribution is 2.39. The number of benzene rings is 1. The fraction of sp³-hybridized carbons (Fsp3) is 0.391. The number of carbonyl (C=O) groups is 1. The van der Waals surface area contributed by atoms with E-state index in [-0.39, 0.29) is 23.9 Å². The molecule has 0 saturated carbocycles. The van der Waals surface area contributed by atoms with Crippen LogP contribution >= 0.6 is 11.6 Å². The van der Waals surface area contributed by atoms with Crippen molar-refractivity contribution in [2.45, 2.75) is 32.8 Å². The lowest BCUT2D eigenvalue weighted by atomic mass is 10.1. The van der Waals surface area contributed by atoms with E-state index in [2.05, 4.69) is 27.4 Å². The summed E-state index contributed by atoms with van der Waals surface area (Å²) in [4.78, 5) is 20.1. The molecule has 34 heavy (non-hydrogen) atoms. The van der Waals surface area contributed by atoms with Gasteiger partial charge in [-0.3, -0.25) is 9.78 Å². The van der Waals surface area contributed by atoms with Gasteiger partial charge in [-0.25, -0.2) is 0 Å². The van der Waals surface area contributed by atoms with Crippen LogP contribution in [0.25, 0.3) is 22.8 Å². The molecule has 2 aromatic heterocycles. The minimum atomic E-state index is -1.02. The smallest absolute Gasteiger partial charge is 0.258 e. The minimum Gasteiger partial charge on any atom is -0.493 e. The van der Waals surface area contributed by atoms with Gasteiger partial charge in [0, 0.05) is 29.1 Å². The summed E-state index contributed by atoms with van der Waals surface area (Å²) in [6, 6.07) is 7.08. The molecule has 1 amide bonds. The number of amides is 1. The number of aromatic nitrogens is 3. The summed E-state index contributed by atoms with van der Waals surface area (Å²) in [5.41, 5.74) is 3.17. The van der Waals surface area contributed by atoms with E-state index in [0.29, 0.717) is 23.0 Å². The Morgan fingerprint density at radius 1 is 1.24 bits per heavy atom. The van der Waals surface area contributed by atoms with E-state index in [4.69, 9.17) is 30.7 Å². The lowest BCUT2D eigenvalue weighted by molar-refractivity contribution is -0.124. The van der Waals surface area contributed by atoms with Crippen LogP contribution in [0.2, 0.25) is 5.02 Å². The first-order chi connectivity index (χ1) is 16.3. The Bertz CT molecular complexity index is 1140. The van der Waals surface area contributed by atoms with Crippen LogP contribution in [0.1, 0.15) is 24.7 Å². The topological polar surface area (TPSA) is 140 Å². The van der Waals surface area contributed by atoms with Crippen molar-refractivity contribution in [3.8, 4) is 34.3 Å². The second-order valence-electron chi connectivity index (χ2n) is 7.58. The summed E-state index contributed by atoms with van der Waals surface area (Å²) in [7, 11) is 1.46. The predicted molar refractivity (Wildman–Crippen MR) is 125 cm³/mol. The summed E-state index contributed by atoms with van der Waals surface area (Å²) in [5, 5.41) is 25.4. The number of aryl methyl sites for hydroxylation is 2. The molecule has 0 spiro atoms. The lowest BCUT2D eigenvalue weighted by Crippen LogP contribution is -2.36. The first kappa shape index (κ1) is 25.4. The summed E-state index contributed by atoms with van der Waals surface area (Å²) >= 11 is 6.41. The molecule has 0 saturated heterocycles. The molecule has 11 heteroatoms. The summed E-state index contributed by atoms with van der Waals surface area (Å²) < 4.78 is 16.5. The van der Waals surface area contributed by atoms with E-state index in [1.807, 2.05) is 19.1 Å². The highest BCUT2D eigenvalue weighted by Gasteiger charge is 2.19. The monoisotopic (exact) mass is 490 g/mol. The second-order valence-corrected chi connectivity index (χ2v) is 7.99. The summed E-state index contributed by atoms with van der Waals surface area (Å²) in [5.74, 6) is 0.618. The van der Waals surface area contributed by atoms with Gasteiger partial charge in [0.15, 0.2) is 11.5 Å². The zero-order chi connectivity index (χ0) is 24.7. The number of hydrogen-bond acceptors (Lipinski definition) is 9. The van der Waals surface area contributed by atoms with Crippen molar-refractivity contribution in [3.05, 3.63) is 40.7 Å². The fourth-order valence-electron chi connectivity index (χ4n) is 3.22. The first-order valence-corrected chi connectivity index (χ1v) is 11.1. The Morgan fingerprint density at radius 2 is 2.03 bits per heavy atom. The van der Waals surface area contributed by atoms with Gasteiger partial charge in [0.2, 0.25) is 11.7 Å². The highest BCUT2D eigenvalue weighted by atomic mass is 35.5. The molecular formula is C23H27ClN4O6. The predicted octanol–water partition coefficient (Wildman–Crippen LogP) is 2.57. The number of aliphatic hydroxyl groups excluding tert-OH is 2. The SMILES string of the molecule is CCCc1cc(-c2nc(-c3cc(Cl)c(OC[C@H](O)CNC(=O)CO)c(OC)c3)no2)cc(C)n1. The van der Waals surface area contributed by atoms with Crippen molar-refractivity contribution >= 4 is 17.5 Å². The van der Waals surface area contributed by atoms with Crippen molar-refractivity contribution in [2.24, 2.45) is 0 Å². The molecular weight excluding hydrogens is 464 g/mol. The Balaban J connectivity index is 1.78. The normalized spacial score (nSPS) is 11.8. The molecule has 0 bridgehead atoms. The largest absolute Gasteiger partial charge is 0.493 e. The van der Waals surface area contributed by atoms with Gasteiger partial charge in [0.1, 0.15) is 19.3 Å². The van der Waals surface area contributed by atoms with Crippen LogP contribution in [-0.4, -0.2) is 64.2 Å². The summed E-state index contributed by atoms with van der Waals surface area (Å²) in [6.07, 6.45) is 0.815. The van der Waals surface area contributed by atoms with Crippen molar-refractivity contribution in [3.63, 3.8) is 0 Å². The molecule has 3 rings (SSSR count). The maximum absolute atomic E-state index is 11.1. The van der Waals surface area contributed by atoms with Gasteiger partial charge in [-0.05, 0) is 37.6 Å². The molecule has 2 heterocycles. The number of pyridine rings is 1. The van der Waals surface area contributed by atoms with Crippen molar-refractivity contribution in [2.75, 3.05) is 26.9 Å². The van der Waals surface area contributed by atoms with Crippen LogP contribution in [0, 0.1) is 6.92 Å². The molecule has 0 aliphatic carbocycles. The third-order valence-electron chi connectivity index (χ3n) is 4.77. The van der Waals surface area contributed by atoms with E-state index in [1.165, 1.54) is 7.11 Å². The lowest BCUT2D eigenvalue weighted by Gasteiger charge is -2.16. The Hall–Kier alpha value is -3.21. The molecule has 1 aromatic carbocycles. The molecule has 182 valence electrons. The van der Waals surface area contributed by atoms with E-state index in [1.54, 1.807) is 12.1 Å². The van der Waals surface area contributed by atoms with Gasteiger partial charge in [-0.15, -0.1) is 0 Å². The van der Waals surface area contributed by atoms with E-state index in [0.717, 1.165) is 29.8 Å². The van der Waals surface area contributed by atoms with Gasteiger partial charge in [-0.2, -0.15) is 4.98 Å². The fourth-order valence-corrected chi connectivity index (χ4v) is 3.48. The molecule has 3 aromatic rings. The van der Waals surface area contributed by atoms with Crippen molar-refractivity contribution in [1.82, 2.24) is 20.4 Å². The van der Waals surface area contributed by atoms with Gasteiger partial charge < -0.3 is 29.5 Å². The van der Waals surface area contributed by atoms with Gasteiger partial charge in [-0.1, -0.05) is 30.1 Å². The number of carbonyl (C=O) groups excluding carboxylic acids is 1. The molecule has 3 N–H and O–H groups in total. The average Bonchev–Trinajstić information content (AvgIpc) is 3.31.